The zero-order chi connectivity index (χ0) is 10.3. The monoisotopic (exact) mass is 208 g/mol. The molecule has 0 aliphatic heterocycles. The van der Waals surface area contributed by atoms with Gasteiger partial charge in [0, 0.05) is 12.0 Å². The molecule has 0 aromatic rings. The van der Waals surface area contributed by atoms with E-state index in [1.807, 2.05) is 0 Å². The number of rotatable bonds is 6. The molecule has 0 aliphatic carbocycles. The lowest BCUT2D eigenvalue weighted by Gasteiger charge is -2.05. The first-order valence-corrected chi connectivity index (χ1v) is 4.84. The number of ether oxygens (including phenoxy) is 1. The van der Waals surface area contributed by atoms with Crippen molar-refractivity contribution >= 4 is 14.6 Å². The zero-order valence-electron chi connectivity index (χ0n) is 7.39. The van der Waals surface area contributed by atoms with Gasteiger partial charge in [-0.3, -0.25) is 0 Å². The highest BCUT2D eigenvalue weighted by molar-refractivity contribution is 7.39. The molecular formula is C7H13O5P. The molecule has 0 saturated carbocycles. The van der Waals surface area contributed by atoms with Gasteiger partial charge < -0.3 is 19.0 Å². The van der Waals surface area contributed by atoms with E-state index in [-0.39, 0.29) is 13.2 Å². The summed E-state index contributed by atoms with van der Waals surface area (Å²) in [6.07, 6.45) is 0.430. The summed E-state index contributed by atoms with van der Waals surface area (Å²) in [6, 6.07) is 0. The molecule has 13 heavy (non-hydrogen) atoms. The van der Waals surface area contributed by atoms with Crippen molar-refractivity contribution in [1.29, 1.82) is 0 Å². The van der Waals surface area contributed by atoms with Crippen LogP contribution in [0.25, 0.3) is 0 Å². The highest BCUT2D eigenvalue weighted by Gasteiger charge is 2.03. The minimum Gasteiger partial charge on any atom is -0.462 e. The lowest BCUT2D eigenvalue weighted by molar-refractivity contribution is -0.139. The third-order valence-corrected chi connectivity index (χ3v) is 1.49. The molecule has 0 heterocycles. The topological polar surface area (TPSA) is 76.0 Å². The summed E-state index contributed by atoms with van der Waals surface area (Å²) < 4.78 is 9.16. The van der Waals surface area contributed by atoms with E-state index < -0.39 is 14.6 Å². The Morgan fingerprint density at radius 3 is 2.54 bits per heavy atom. The highest BCUT2D eigenvalue weighted by atomic mass is 31.2. The Hall–Kier alpha value is -0.480. The number of hydrogen-bond donors (Lipinski definition) is 2. The fourth-order valence-corrected chi connectivity index (χ4v) is 0.786. The predicted octanol–water partition coefficient (Wildman–Crippen LogP) is 0.724. The van der Waals surface area contributed by atoms with Crippen LogP contribution in [0.1, 0.15) is 13.3 Å². The van der Waals surface area contributed by atoms with Crippen molar-refractivity contribution in [3.05, 3.63) is 12.2 Å². The van der Waals surface area contributed by atoms with Gasteiger partial charge in [-0.05, 0) is 6.92 Å². The maximum Gasteiger partial charge on any atom is 0.333 e. The van der Waals surface area contributed by atoms with Crippen LogP contribution in [0.2, 0.25) is 0 Å². The number of hydrogen-bond acceptors (Lipinski definition) is 5. The van der Waals surface area contributed by atoms with Gasteiger partial charge in [0.25, 0.3) is 0 Å². The van der Waals surface area contributed by atoms with Crippen LogP contribution in [0, 0.1) is 0 Å². The molecule has 0 rings (SSSR count). The molecule has 0 saturated heterocycles. The Labute approximate surface area is 78.0 Å². The minimum absolute atomic E-state index is 0.155. The van der Waals surface area contributed by atoms with Crippen LogP contribution in [-0.4, -0.2) is 29.0 Å². The van der Waals surface area contributed by atoms with Crippen LogP contribution < -0.4 is 0 Å². The van der Waals surface area contributed by atoms with Gasteiger partial charge in [0.15, 0.2) is 0 Å². The number of carbonyl (C=O) groups excluding carboxylic acids is 1. The van der Waals surface area contributed by atoms with E-state index >= 15 is 0 Å². The summed E-state index contributed by atoms with van der Waals surface area (Å²) in [6.45, 7) is 5.30. The quantitative estimate of drug-likeness (QED) is 0.291. The molecule has 0 fully saturated rings. The molecule has 0 amide bonds. The van der Waals surface area contributed by atoms with Crippen molar-refractivity contribution in [3.63, 3.8) is 0 Å². The third-order valence-electron chi connectivity index (χ3n) is 1.08. The van der Waals surface area contributed by atoms with Crippen LogP contribution in [0.5, 0.6) is 0 Å². The number of esters is 1. The molecule has 0 aromatic heterocycles. The molecule has 0 unspecified atom stereocenters. The molecule has 2 N–H and O–H groups in total. The molecular weight excluding hydrogens is 195 g/mol. The molecule has 76 valence electrons. The van der Waals surface area contributed by atoms with Gasteiger partial charge in [-0.15, -0.1) is 0 Å². The lowest BCUT2D eigenvalue weighted by Crippen LogP contribution is -2.07. The maximum atomic E-state index is 10.8. The Morgan fingerprint density at radius 2 is 2.08 bits per heavy atom. The van der Waals surface area contributed by atoms with Crippen molar-refractivity contribution in [3.8, 4) is 0 Å². The average molecular weight is 208 g/mol. The van der Waals surface area contributed by atoms with Gasteiger partial charge in [-0.25, -0.2) is 4.79 Å². The average Bonchev–Trinajstić information content (AvgIpc) is 2.02. The smallest absolute Gasteiger partial charge is 0.333 e. The van der Waals surface area contributed by atoms with Gasteiger partial charge in [0.1, 0.15) is 0 Å². The summed E-state index contributed by atoms with van der Waals surface area (Å²) in [5.41, 5.74) is 0.340. The summed E-state index contributed by atoms with van der Waals surface area (Å²) >= 11 is 0. The van der Waals surface area contributed by atoms with Crippen LogP contribution in [0.3, 0.4) is 0 Å². The van der Waals surface area contributed by atoms with Crippen molar-refractivity contribution in [2.24, 2.45) is 0 Å². The van der Waals surface area contributed by atoms with Crippen LogP contribution >= 0.6 is 8.60 Å². The maximum absolute atomic E-state index is 10.8. The second kappa shape index (κ2) is 6.97. The summed E-state index contributed by atoms with van der Waals surface area (Å²) in [7, 11) is -2.30. The van der Waals surface area contributed by atoms with Crippen molar-refractivity contribution < 1.29 is 23.8 Å². The largest absolute Gasteiger partial charge is 0.462 e. The lowest BCUT2D eigenvalue weighted by atomic mass is 10.4. The zero-order valence-corrected chi connectivity index (χ0v) is 8.29. The van der Waals surface area contributed by atoms with Crippen molar-refractivity contribution in [2.45, 2.75) is 13.3 Å². The molecule has 6 heteroatoms. The van der Waals surface area contributed by atoms with Crippen molar-refractivity contribution in [2.75, 3.05) is 13.2 Å². The molecule has 0 spiro atoms. The first-order valence-electron chi connectivity index (χ1n) is 3.67. The fourth-order valence-electron chi connectivity index (χ4n) is 0.493. The standard InChI is InChI=1S/C7H13O5P/c1-6(2)7(8)11-4-3-5-12-13(9)10/h9-10H,1,3-5H2,2H3. The van der Waals surface area contributed by atoms with Gasteiger partial charge >= 0.3 is 14.6 Å². The van der Waals surface area contributed by atoms with Gasteiger partial charge in [-0.2, -0.15) is 0 Å². The summed E-state index contributed by atoms with van der Waals surface area (Å²) in [5.74, 6) is -0.449. The first-order chi connectivity index (χ1) is 6.04. The highest BCUT2D eigenvalue weighted by Crippen LogP contribution is 2.23. The molecule has 5 nitrogen and oxygen atoms in total. The van der Waals surface area contributed by atoms with E-state index in [0.717, 1.165) is 0 Å². The van der Waals surface area contributed by atoms with Crippen LogP contribution in [-0.2, 0) is 14.1 Å². The van der Waals surface area contributed by atoms with E-state index in [1.165, 1.54) is 0 Å². The Morgan fingerprint density at radius 1 is 1.46 bits per heavy atom. The van der Waals surface area contributed by atoms with Crippen LogP contribution in [0.15, 0.2) is 12.2 Å². The molecule has 0 radical (unpaired) electrons. The SMILES string of the molecule is C=C(C)C(=O)OCCCOP(O)O. The Bertz CT molecular complexity index is 180. The van der Waals surface area contributed by atoms with E-state index in [4.69, 9.17) is 14.5 Å². The molecule has 0 atom stereocenters. The normalized spacial score (nSPS) is 10.2. The van der Waals surface area contributed by atoms with Gasteiger partial charge in [-0.1, -0.05) is 6.58 Å². The fraction of sp³-hybridized carbons (Fsp3) is 0.571. The van der Waals surface area contributed by atoms with Crippen LogP contribution in [0.4, 0.5) is 0 Å². The summed E-state index contributed by atoms with van der Waals surface area (Å²) in [5, 5.41) is 0. The van der Waals surface area contributed by atoms with E-state index in [1.54, 1.807) is 6.92 Å². The second-order valence-electron chi connectivity index (χ2n) is 2.36. The van der Waals surface area contributed by atoms with Crippen molar-refractivity contribution in [1.82, 2.24) is 0 Å². The van der Waals surface area contributed by atoms with E-state index in [9.17, 15) is 4.79 Å². The molecule has 0 aliphatic rings. The third kappa shape index (κ3) is 7.87. The first kappa shape index (κ1) is 12.5. The predicted molar refractivity (Wildman–Crippen MR) is 47.7 cm³/mol. The van der Waals surface area contributed by atoms with Gasteiger partial charge in [0.05, 0.1) is 13.2 Å². The minimum atomic E-state index is -2.30. The molecule has 0 aromatic carbocycles. The van der Waals surface area contributed by atoms with Gasteiger partial charge in [0.2, 0.25) is 0 Å². The summed E-state index contributed by atoms with van der Waals surface area (Å²) in [4.78, 5) is 27.4. The molecule has 0 bridgehead atoms. The Balaban J connectivity index is 3.26. The number of carbonyl (C=O) groups is 1. The van der Waals surface area contributed by atoms with E-state index in [2.05, 4.69) is 11.1 Å². The Kier molecular flexibility index (Phi) is 6.72. The van der Waals surface area contributed by atoms with E-state index in [0.29, 0.717) is 12.0 Å². The second-order valence-corrected chi connectivity index (χ2v) is 3.12.